The van der Waals surface area contributed by atoms with Crippen LogP contribution >= 0.6 is 11.6 Å². The first-order valence-electron chi connectivity index (χ1n) is 5.80. The lowest BCUT2D eigenvalue weighted by Crippen LogP contribution is -2.46. The van der Waals surface area contributed by atoms with Crippen LogP contribution in [0.5, 0.6) is 0 Å². The second-order valence-corrected chi connectivity index (χ2v) is 6.99. The molecule has 1 aliphatic heterocycles. The Labute approximate surface area is 116 Å². The van der Waals surface area contributed by atoms with Crippen LogP contribution in [0.15, 0.2) is 18.3 Å². The maximum Gasteiger partial charge on any atom is 0.227 e. The van der Waals surface area contributed by atoms with Crippen molar-refractivity contribution in [3.63, 3.8) is 0 Å². The van der Waals surface area contributed by atoms with Crippen LogP contribution in [0.25, 0.3) is 0 Å². The number of aromatic nitrogens is 1. The normalized spacial score (nSPS) is 21.8. The summed E-state index contributed by atoms with van der Waals surface area (Å²) in [6.07, 6.45) is 1.59. The fourth-order valence-corrected chi connectivity index (χ4v) is 3.50. The fourth-order valence-electron chi connectivity index (χ4n) is 1.88. The van der Waals surface area contributed by atoms with Crippen molar-refractivity contribution in [3.8, 4) is 0 Å². The molecule has 1 aromatic heterocycles. The highest BCUT2D eigenvalue weighted by Gasteiger charge is 2.26. The SMILES string of the molecule is O=C(CC1CS(=O)(=O)CCN1)Nc1ncccc1Cl. The van der Waals surface area contributed by atoms with Gasteiger partial charge in [0.1, 0.15) is 0 Å². The van der Waals surface area contributed by atoms with Crippen molar-refractivity contribution in [2.45, 2.75) is 12.5 Å². The standard InChI is InChI=1S/C11H14ClN3O3S/c12-9-2-1-3-14-11(9)15-10(16)6-8-7-19(17,18)5-4-13-8/h1-3,8,13H,4-7H2,(H,14,15,16). The van der Waals surface area contributed by atoms with Gasteiger partial charge in [0.15, 0.2) is 15.7 Å². The van der Waals surface area contributed by atoms with Gasteiger partial charge in [0.05, 0.1) is 16.5 Å². The zero-order valence-electron chi connectivity index (χ0n) is 10.1. The number of rotatable bonds is 3. The van der Waals surface area contributed by atoms with Gasteiger partial charge >= 0.3 is 0 Å². The predicted molar refractivity (Wildman–Crippen MR) is 72.9 cm³/mol. The number of hydrogen-bond donors (Lipinski definition) is 2. The maximum absolute atomic E-state index is 11.8. The van der Waals surface area contributed by atoms with E-state index in [0.717, 1.165) is 0 Å². The molecule has 104 valence electrons. The second kappa shape index (κ2) is 5.85. The Morgan fingerprint density at radius 1 is 1.58 bits per heavy atom. The van der Waals surface area contributed by atoms with Crippen LogP contribution in [0.3, 0.4) is 0 Å². The van der Waals surface area contributed by atoms with Crippen molar-refractivity contribution >= 4 is 33.2 Å². The van der Waals surface area contributed by atoms with Gasteiger partial charge in [-0.05, 0) is 12.1 Å². The topological polar surface area (TPSA) is 88.2 Å². The molecular weight excluding hydrogens is 290 g/mol. The summed E-state index contributed by atoms with van der Waals surface area (Å²) in [4.78, 5) is 15.7. The van der Waals surface area contributed by atoms with Gasteiger partial charge in [0.25, 0.3) is 0 Å². The Morgan fingerprint density at radius 2 is 2.37 bits per heavy atom. The molecule has 6 nitrogen and oxygen atoms in total. The van der Waals surface area contributed by atoms with Crippen LogP contribution in [-0.4, -0.2) is 43.4 Å². The highest BCUT2D eigenvalue weighted by Crippen LogP contribution is 2.17. The molecule has 2 heterocycles. The number of halogens is 1. The highest BCUT2D eigenvalue weighted by molar-refractivity contribution is 7.91. The third-order valence-corrected chi connectivity index (χ3v) is 4.79. The van der Waals surface area contributed by atoms with Crippen molar-refractivity contribution in [3.05, 3.63) is 23.4 Å². The Hall–Kier alpha value is -1.18. The second-order valence-electron chi connectivity index (χ2n) is 4.35. The van der Waals surface area contributed by atoms with Crippen LogP contribution in [0.1, 0.15) is 6.42 Å². The minimum absolute atomic E-state index is 0.0175. The fraction of sp³-hybridized carbons (Fsp3) is 0.455. The van der Waals surface area contributed by atoms with Crippen LogP contribution < -0.4 is 10.6 Å². The third-order valence-electron chi connectivity index (χ3n) is 2.75. The molecule has 1 aromatic rings. The molecule has 1 saturated heterocycles. The van der Waals surface area contributed by atoms with E-state index < -0.39 is 9.84 Å². The summed E-state index contributed by atoms with van der Waals surface area (Å²) in [5.41, 5.74) is 0. The summed E-state index contributed by atoms with van der Waals surface area (Å²) in [5, 5.41) is 5.93. The van der Waals surface area contributed by atoms with Gasteiger partial charge in [0.2, 0.25) is 5.91 Å². The van der Waals surface area contributed by atoms with Gasteiger partial charge in [-0.2, -0.15) is 0 Å². The molecule has 1 amide bonds. The van der Waals surface area contributed by atoms with Crippen molar-refractivity contribution in [2.24, 2.45) is 0 Å². The summed E-state index contributed by atoms with van der Waals surface area (Å²) in [6.45, 7) is 0.380. The lowest BCUT2D eigenvalue weighted by Gasteiger charge is -2.23. The van der Waals surface area contributed by atoms with E-state index in [1.807, 2.05) is 0 Å². The molecule has 0 aromatic carbocycles. The summed E-state index contributed by atoms with van der Waals surface area (Å²) in [7, 11) is -3.04. The van der Waals surface area contributed by atoms with Crippen molar-refractivity contribution in [1.29, 1.82) is 0 Å². The summed E-state index contributed by atoms with van der Waals surface area (Å²) < 4.78 is 22.9. The van der Waals surface area contributed by atoms with Crippen LogP contribution in [-0.2, 0) is 14.6 Å². The van der Waals surface area contributed by atoms with Crippen molar-refractivity contribution in [1.82, 2.24) is 10.3 Å². The first-order chi connectivity index (χ1) is 8.96. The largest absolute Gasteiger partial charge is 0.311 e. The number of sulfone groups is 1. The van der Waals surface area contributed by atoms with Crippen molar-refractivity contribution in [2.75, 3.05) is 23.4 Å². The number of carbonyl (C=O) groups excluding carboxylic acids is 1. The van der Waals surface area contributed by atoms with Gasteiger partial charge in [-0.25, -0.2) is 13.4 Å². The first-order valence-corrected chi connectivity index (χ1v) is 8.00. The molecule has 0 spiro atoms. The molecule has 0 aliphatic carbocycles. The number of hydrogen-bond acceptors (Lipinski definition) is 5. The Kier molecular flexibility index (Phi) is 4.38. The zero-order valence-corrected chi connectivity index (χ0v) is 11.7. The molecule has 2 rings (SSSR count). The van der Waals surface area contributed by atoms with Crippen LogP contribution in [0.2, 0.25) is 5.02 Å². The lowest BCUT2D eigenvalue weighted by molar-refractivity contribution is -0.116. The lowest BCUT2D eigenvalue weighted by atomic mass is 10.2. The number of nitrogens with zero attached hydrogens (tertiary/aromatic N) is 1. The number of pyridine rings is 1. The average molecular weight is 304 g/mol. The highest BCUT2D eigenvalue weighted by atomic mass is 35.5. The first kappa shape index (κ1) is 14.2. The van der Waals surface area contributed by atoms with Gasteiger partial charge in [-0.3, -0.25) is 4.79 Å². The van der Waals surface area contributed by atoms with E-state index >= 15 is 0 Å². The van der Waals surface area contributed by atoms with Crippen molar-refractivity contribution < 1.29 is 13.2 Å². The number of amides is 1. The van der Waals surface area contributed by atoms with Gasteiger partial charge < -0.3 is 10.6 Å². The molecular formula is C11H14ClN3O3S. The van der Waals surface area contributed by atoms with E-state index in [2.05, 4.69) is 15.6 Å². The van der Waals surface area contributed by atoms with E-state index in [9.17, 15) is 13.2 Å². The summed E-state index contributed by atoms with van der Waals surface area (Å²) in [5.74, 6) is 0.0798. The van der Waals surface area contributed by atoms with E-state index in [-0.39, 0.29) is 35.7 Å². The molecule has 0 bridgehead atoms. The van der Waals surface area contributed by atoms with Gasteiger partial charge in [-0.1, -0.05) is 11.6 Å². The number of carbonyl (C=O) groups is 1. The molecule has 1 fully saturated rings. The van der Waals surface area contributed by atoms with Crippen LogP contribution in [0, 0.1) is 0 Å². The van der Waals surface area contributed by atoms with E-state index in [4.69, 9.17) is 11.6 Å². The monoisotopic (exact) mass is 303 g/mol. The Morgan fingerprint density at radius 3 is 3.05 bits per heavy atom. The van der Waals surface area contributed by atoms with E-state index in [1.54, 1.807) is 12.1 Å². The molecule has 1 atom stereocenters. The van der Waals surface area contributed by atoms with Crippen LogP contribution in [0.4, 0.5) is 5.82 Å². The molecule has 1 unspecified atom stereocenters. The smallest absolute Gasteiger partial charge is 0.227 e. The Bertz CT molecular complexity index is 576. The summed E-state index contributed by atoms with van der Waals surface area (Å²) in [6, 6.07) is 2.92. The molecule has 8 heteroatoms. The molecule has 1 aliphatic rings. The zero-order chi connectivity index (χ0) is 13.9. The average Bonchev–Trinajstić information content (AvgIpc) is 2.30. The van der Waals surface area contributed by atoms with E-state index in [1.165, 1.54) is 6.20 Å². The quantitative estimate of drug-likeness (QED) is 0.846. The minimum atomic E-state index is -3.04. The minimum Gasteiger partial charge on any atom is -0.311 e. The molecule has 0 radical (unpaired) electrons. The molecule has 0 saturated carbocycles. The molecule has 2 N–H and O–H groups in total. The molecule has 19 heavy (non-hydrogen) atoms. The van der Waals surface area contributed by atoms with Gasteiger partial charge in [0, 0.05) is 25.2 Å². The van der Waals surface area contributed by atoms with Gasteiger partial charge in [-0.15, -0.1) is 0 Å². The Balaban J connectivity index is 1.93. The maximum atomic E-state index is 11.8. The summed E-state index contributed by atoms with van der Waals surface area (Å²) >= 11 is 5.87. The number of nitrogens with one attached hydrogen (secondary N) is 2. The predicted octanol–water partition coefficient (Wildman–Crippen LogP) is 0.450. The van der Waals surface area contributed by atoms with E-state index in [0.29, 0.717) is 11.6 Å². The number of anilines is 1. The third kappa shape index (κ3) is 4.15.